The summed E-state index contributed by atoms with van der Waals surface area (Å²) in [6.45, 7) is 6.03. The smallest absolute Gasteiger partial charge is 0.388 e. The molecule has 1 N–H and O–H groups in total. The van der Waals surface area contributed by atoms with Gasteiger partial charge in [-0.1, -0.05) is 24.8 Å². The van der Waals surface area contributed by atoms with Crippen molar-refractivity contribution in [3.63, 3.8) is 0 Å². The molecule has 0 unspecified atom stereocenters. The minimum atomic E-state index is -4.82. The average Bonchev–Trinajstić information content (AvgIpc) is 2.83. The van der Waals surface area contributed by atoms with Gasteiger partial charge in [0.05, 0.1) is 22.3 Å². The maximum absolute atomic E-state index is 15.2. The molecule has 0 saturated carbocycles. The Labute approximate surface area is 204 Å². The number of nitrogens with zero attached hydrogens (tertiary/aromatic N) is 4. The molecule has 190 valence electrons. The number of halogens is 4. The van der Waals surface area contributed by atoms with Crippen LogP contribution < -0.4 is 10.6 Å². The van der Waals surface area contributed by atoms with Crippen LogP contribution in [-0.2, 0) is 4.79 Å². The predicted octanol–water partition coefficient (Wildman–Crippen LogP) is 4.23. The summed E-state index contributed by atoms with van der Waals surface area (Å²) in [4.78, 5) is 25.6. The first-order valence-corrected chi connectivity index (χ1v) is 10.8. The Morgan fingerprint density at radius 1 is 1.22 bits per heavy atom. The van der Waals surface area contributed by atoms with Crippen molar-refractivity contribution in [3.05, 3.63) is 76.5 Å². The Morgan fingerprint density at radius 3 is 2.44 bits per heavy atom. The van der Waals surface area contributed by atoms with Crippen LogP contribution in [0.1, 0.15) is 18.1 Å². The Bertz CT molecular complexity index is 1410. The topological polar surface area (TPSA) is 78.1 Å². The standard InChI is InChI=1S/C25H24F4N4O3/c1-5-32(14-35)23(13-34)30-31(4)22-11-17-18(10-20(22)26)24(36)33(21-9-7-6-8-15(21)2)12-19(17)16(3)25(27,28)29/h6-12,14,34H,3,5,13H2,1-2,4H3/b30-23-. The zero-order valence-corrected chi connectivity index (χ0v) is 19.8. The first kappa shape index (κ1) is 26.6. The molecule has 0 aliphatic rings. The van der Waals surface area contributed by atoms with Crippen molar-refractivity contribution in [2.24, 2.45) is 5.10 Å². The van der Waals surface area contributed by atoms with Crippen LogP contribution in [0, 0.1) is 12.7 Å². The number of hydrogen-bond acceptors (Lipinski definition) is 5. The number of anilines is 1. The third-order valence-corrected chi connectivity index (χ3v) is 5.68. The second-order valence-corrected chi connectivity index (χ2v) is 7.92. The van der Waals surface area contributed by atoms with Crippen LogP contribution in [0.25, 0.3) is 22.0 Å². The summed E-state index contributed by atoms with van der Waals surface area (Å²) in [7, 11) is 1.30. The molecule has 0 radical (unpaired) electrons. The highest BCUT2D eigenvalue weighted by atomic mass is 19.4. The lowest BCUT2D eigenvalue weighted by molar-refractivity contribution is -0.114. The van der Waals surface area contributed by atoms with Crippen molar-refractivity contribution in [1.82, 2.24) is 9.47 Å². The summed E-state index contributed by atoms with van der Waals surface area (Å²) < 4.78 is 57.5. The second-order valence-electron chi connectivity index (χ2n) is 7.92. The fourth-order valence-electron chi connectivity index (χ4n) is 3.73. The number of likely N-dealkylation sites (N-methyl/N-ethyl adjacent to an activating group) is 1. The lowest BCUT2D eigenvalue weighted by Crippen LogP contribution is -2.34. The Balaban J connectivity index is 2.34. The first-order valence-electron chi connectivity index (χ1n) is 10.8. The van der Waals surface area contributed by atoms with Gasteiger partial charge in [0, 0.05) is 25.4 Å². The molecule has 7 nitrogen and oxygen atoms in total. The van der Waals surface area contributed by atoms with Crippen LogP contribution in [0.2, 0.25) is 0 Å². The maximum atomic E-state index is 15.2. The van der Waals surface area contributed by atoms with Crippen molar-refractivity contribution >= 4 is 34.3 Å². The lowest BCUT2D eigenvalue weighted by atomic mass is 10.00. The average molecular weight is 504 g/mol. The first-order chi connectivity index (χ1) is 16.9. The number of rotatable bonds is 7. The Hall–Kier alpha value is -3.99. The molecule has 1 aromatic heterocycles. The zero-order valence-electron chi connectivity index (χ0n) is 19.8. The molecule has 1 amide bonds. The minimum absolute atomic E-state index is 0.107. The lowest BCUT2D eigenvalue weighted by Gasteiger charge is -2.22. The van der Waals surface area contributed by atoms with Crippen molar-refractivity contribution in [3.8, 4) is 5.69 Å². The van der Waals surface area contributed by atoms with Gasteiger partial charge in [-0.2, -0.15) is 18.3 Å². The molecular formula is C25H24F4N4O3. The van der Waals surface area contributed by atoms with E-state index in [0.29, 0.717) is 17.7 Å². The number of para-hydroxylation sites is 1. The molecule has 0 aliphatic heterocycles. The molecule has 0 bridgehead atoms. The number of aliphatic hydroxyl groups is 1. The highest BCUT2D eigenvalue weighted by molar-refractivity contribution is 5.96. The molecule has 0 aliphatic carbocycles. The van der Waals surface area contributed by atoms with E-state index in [9.17, 15) is 27.9 Å². The quantitative estimate of drug-likeness (QED) is 0.172. The van der Waals surface area contributed by atoms with E-state index in [1.165, 1.54) is 7.05 Å². The number of hydrogen-bond donors (Lipinski definition) is 1. The van der Waals surface area contributed by atoms with Crippen LogP contribution in [0.3, 0.4) is 0 Å². The predicted molar refractivity (Wildman–Crippen MR) is 131 cm³/mol. The molecule has 11 heteroatoms. The Kier molecular flexibility index (Phi) is 7.63. The number of pyridine rings is 1. The van der Waals surface area contributed by atoms with Crippen LogP contribution in [0.5, 0.6) is 0 Å². The Morgan fingerprint density at radius 2 is 1.89 bits per heavy atom. The summed E-state index contributed by atoms with van der Waals surface area (Å²) in [6, 6.07) is 8.52. The van der Waals surface area contributed by atoms with E-state index in [0.717, 1.165) is 32.8 Å². The van der Waals surface area contributed by atoms with E-state index in [-0.39, 0.29) is 28.8 Å². The summed E-state index contributed by atoms with van der Waals surface area (Å²) >= 11 is 0. The van der Waals surface area contributed by atoms with Crippen LogP contribution in [-0.4, -0.2) is 53.2 Å². The van der Waals surface area contributed by atoms with Gasteiger partial charge in [-0.15, -0.1) is 0 Å². The van der Waals surface area contributed by atoms with Gasteiger partial charge in [0.25, 0.3) is 5.56 Å². The van der Waals surface area contributed by atoms with Gasteiger partial charge in [-0.25, -0.2) is 4.39 Å². The zero-order chi connectivity index (χ0) is 26.8. The molecule has 0 spiro atoms. The van der Waals surface area contributed by atoms with Gasteiger partial charge in [-0.3, -0.25) is 24.1 Å². The number of carbonyl (C=O) groups excluding carboxylic acids is 1. The molecule has 2 aromatic carbocycles. The van der Waals surface area contributed by atoms with E-state index in [2.05, 4.69) is 11.7 Å². The minimum Gasteiger partial charge on any atom is -0.388 e. The van der Waals surface area contributed by atoms with E-state index >= 15 is 4.39 Å². The number of aliphatic hydroxyl groups excluding tert-OH is 1. The third-order valence-electron chi connectivity index (χ3n) is 5.68. The summed E-state index contributed by atoms with van der Waals surface area (Å²) in [5, 5.41) is 14.1. The van der Waals surface area contributed by atoms with Crippen LogP contribution in [0.15, 0.2) is 59.1 Å². The highest BCUT2D eigenvalue weighted by Gasteiger charge is 2.35. The van der Waals surface area contributed by atoms with Gasteiger partial charge in [0.15, 0.2) is 5.84 Å². The normalized spacial score (nSPS) is 12.1. The van der Waals surface area contributed by atoms with Crippen LogP contribution in [0.4, 0.5) is 23.2 Å². The number of amidine groups is 1. The fraction of sp³-hybridized carbons (Fsp3) is 0.240. The number of hydrazone groups is 1. The van der Waals surface area contributed by atoms with Gasteiger partial charge >= 0.3 is 6.18 Å². The summed E-state index contributed by atoms with van der Waals surface area (Å²) in [5.74, 6) is -1.05. The number of amides is 1. The number of aromatic nitrogens is 1. The molecule has 0 atom stereocenters. The third kappa shape index (κ3) is 5.01. The molecule has 3 aromatic rings. The number of allylic oxidation sites excluding steroid dienone is 1. The van der Waals surface area contributed by atoms with Crippen molar-refractivity contribution in [2.75, 3.05) is 25.2 Å². The molecule has 36 heavy (non-hydrogen) atoms. The summed E-state index contributed by atoms with van der Waals surface area (Å²) in [6.07, 6.45) is -3.35. The molecule has 0 saturated heterocycles. The van der Waals surface area contributed by atoms with E-state index < -0.39 is 35.3 Å². The molecular weight excluding hydrogens is 480 g/mol. The number of fused-ring (bicyclic) bond motifs is 1. The SMILES string of the molecule is C=C(c1cn(-c2ccccc2C)c(=O)c2cc(F)c(N(C)/N=C(/CO)N(C=O)CC)cc12)C(F)(F)F. The van der Waals surface area contributed by atoms with Crippen molar-refractivity contribution < 1.29 is 27.5 Å². The van der Waals surface area contributed by atoms with Gasteiger partial charge in [-0.05, 0) is 43.0 Å². The monoisotopic (exact) mass is 504 g/mol. The molecule has 3 rings (SSSR count). The van der Waals surface area contributed by atoms with Gasteiger partial charge in [0.2, 0.25) is 6.41 Å². The number of aryl methyl sites for hydroxylation is 1. The fourth-order valence-corrected chi connectivity index (χ4v) is 3.73. The van der Waals surface area contributed by atoms with Crippen LogP contribution >= 0.6 is 0 Å². The summed E-state index contributed by atoms with van der Waals surface area (Å²) in [5.41, 5.74) is -1.66. The number of benzene rings is 2. The molecule has 1 heterocycles. The highest BCUT2D eigenvalue weighted by Crippen LogP contribution is 2.37. The van der Waals surface area contributed by atoms with E-state index in [4.69, 9.17) is 0 Å². The molecule has 0 fully saturated rings. The van der Waals surface area contributed by atoms with Crippen molar-refractivity contribution in [2.45, 2.75) is 20.0 Å². The number of alkyl halides is 3. The largest absolute Gasteiger partial charge is 0.416 e. The van der Waals surface area contributed by atoms with Crippen molar-refractivity contribution in [1.29, 1.82) is 0 Å². The van der Waals surface area contributed by atoms with Gasteiger partial charge in [0.1, 0.15) is 12.4 Å². The second kappa shape index (κ2) is 10.3. The van der Waals surface area contributed by atoms with E-state index in [1.54, 1.807) is 38.1 Å². The number of carbonyl (C=O) groups is 1. The van der Waals surface area contributed by atoms with Gasteiger partial charge < -0.3 is 5.11 Å². The van der Waals surface area contributed by atoms with E-state index in [1.807, 2.05) is 0 Å². The maximum Gasteiger partial charge on any atom is 0.416 e.